The van der Waals surface area contributed by atoms with Gasteiger partial charge in [0.1, 0.15) is 11.6 Å². The number of rotatable bonds is 4. The van der Waals surface area contributed by atoms with Gasteiger partial charge >= 0.3 is 0 Å². The van der Waals surface area contributed by atoms with E-state index in [9.17, 15) is 9.18 Å². The van der Waals surface area contributed by atoms with E-state index < -0.39 is 0 Å². The lowest BCUT2D eigenvalue weighted by molar-refractivity contribution is 0.0972. The standard InChI is InChI=1S/C17H15FN2O/c1-2-17-19-14-5-3-4-6-15(14)20(17)11-16(21)12-7-9-13(18)10-8-12/h3-10H,2,11H2,1H3. The fourth-order valence-corrected chi connectivity index (χ4v) is 2.44. The second-order valence-electron chi connectivity index (χ2n) is 4.89. The molecule has 0 aliphatic carbocycles. The molecule has 1 heterocycles. The number of para-hydroxylation sites is 2. The Morgan fingerprint density at radius 1 is 1.14 bits per heavy atom. The average molecular weight is 282 g/mol. The number of nitrogens with zero attached hydrogens (tertiary/aromatic N) is 2. The number of ketones is 1. The van der Waals surface area contributed by atoms with Gasteiger partial charge in [0, 0.05) is 12.0 Å². The summed E-state index contributed by atoms with van der Waals surface area (Å²) in [4.78, 5) is 16.9. The Morgan fingerprint density at radius 2 is 1.86 bits per heavy atom. The van der Waals surface area contributed by atoms with Gasteiger partial charge in [0.15, 0.2) is 5.78 Å². The van der Waals surface area contributed by atoms with Gasteiger partial charge in [-0.3, -0.25) is 4.79 Å². The van der Waals surface area contributed by atoms with Crippen LogP contribution in [-0.2, 0) is 13.0 Å². The summed E-state index contributed by atoms with van der Waals surface area (Å²) in [5, 5.41) is 0. The number of hydrogen-bond donors (Lipinski definition) is 0. The molecule has 0 N–H and O–H groups in total. The number of hydrogen-bond acceptors (Lipinski definition) is 2. The normalized spacial score (nSPS) is 11.0. The molecular formula is C17H15FN2O. The molecule has 0 fully saturated rings. The third-order valence-corrected chi connectivity index (χ3v) is 3.52. The summed E-state index contributed by atoms with van der Waals surface area (Å²) in [6.07, 6.45) is 0.755. The maximum absolute atomic E-state index is 12.9. The highest BCUT2D eigenvalue weighted by atomic mass is 19.1. The third-order valence-electron chi connectivity index (χ3n) is 3.52. The fraction of sp³-hybridized carbons (Fsp3) is 0.176. The number of Topliss-reactive ketones (excluding diaryl/α,β-unsaturated/α-hetero) is 1. The highest BCUT2D eigenvalue weighted by molar-refractivity contribution is 5.96. The van der Waals surface area contributed by atoms with Gasteiger partial charge in [-0.05, 0) is 36.4 Å². The smallest absolute Gasteiger partial charge is 0.182 e. The van der Waals surface area contributed by atoms with Crippen LogP contribution in [0.1, 0.15) is 23.1 Å². The zero-order valence-corrected chi connectivity index (χ0v) is 11.7. The van der Waals surface area contributed by atoms with Crippen molar-refractivity contribution in [3.8, 4) is 0 Å². The van der Waals surface area contributed by atoms with E-state index in [4.69, 9.17) is 0 Å². The highest BCUT2D eigenvalue weighted by Gasteiger charge is 2.13. The Balaban J connectivity index is 1.97. The largest absolute Gasteiger partial charge is 0.320 e. The van der Waals surface area contributed by atoms with Crippen LogP contribution >= 0.6 is 0 Å². The minimum absolute atomic E-state index is 0.0483. The Kier molecular flexibility index (Phi) is 3.52. The Bertz CT molecular complexity index is 790. The molecule has 0 saturated heterocycles. The Hall–Kier alpha value is -2.49. The first-order valence-corrected chi connectivity index (χ1v) is 6.92. The van der Waals surface area contributed by atoms with Crippen molar-refractivity contribution in [3.63, 3.8) is 0 Å². The minimum Gasteiger partial charge on any atom is -0.320 e. The van der Waals surface area contributed by atoms with Gasteiger partial charge in [-0.2, -0.15) is 0 Å². The van der Waals surface area contributed by atoms with E-state index in [0.29, 0.717) is 5.56 Å². The summed E-state index contributed by atoms with van der Waals surface area (Å²) in [5.74, 6) is 0.494. The zero-order chi connectivity index (χ0) is 14.8. The van der Waals surface area contributed by atoms with Crippen LogP contribution in [-0.4, -0.2) is 15.3 Å². The van der Waals surface area contributed by atoms with E-state index >= 15 is 0 Å². The summed E-state index contributed by atoms with van der Waals surface area (Å²) in [6, 6.07) is 13.4. The van der Waals surface area contributed by atoms with E-state index in [0.717, 1.165) is 23.3 Å². The maximum atomic E-state index is 12.9. The van der Waals surface area contributed by atoms with Crippen molar-refractivity contribution in [2.45, 2.75) is 19.9 Å². The molecule has 21 heavy (non-hydrogen) atoms. The summed E-state index contributed by atoms with van der Waals surface area (Å²) in [6.45, 7) is 2.23. The average Bonchev–Trinajstić information content (AvgIpc) is 2.86. The molecule has 0 saturated carbocycles. The number of benzene rings is 2. The molecule has 0 aliphatic heterocycles. The number of aromatic nitrogens is 2. The van der Waals surface area contributed by atoms with Crippen LogP contribution in [0, 0.1) is 5.82 Å². The van der Waals surface area contributed by atoms with Crippen molar-refractivity contribution in [1.82, 2.24) is 9.55 Å². The molecular weight excluding hydrogens is 267 g/mol. The van der Waals surface area contributed by atoms with Gasteiger partial charge in [-0.15, -0.1) is 0 Å². The first kappa shape index (κ1) is 13.5. The van der Waals surface area contributed by atoms with Crippen molar-refractivity contribution >= 4 is 16.8 Å². The van der Waals surface area contributed by atoms with Gasteiger partial charge in [-0.1, -0.05) is 19.1 Å². The van der Waals surface area contributed by atoms with Gasteiger partial charge in [0.2, 0.25) is 0 Å². The molecule has 3 aromatic rings. The van der Waals surface area contributed by atoms with E-state index in [1.54, 1.807) is 0 Å². The number of aryl methyl sites for hydroxylation is 1. The quantitative estimate of drug-likeness (QED) is 0.685. The van der Waals surface area contributed by atoms with Gasteiger partial charge in [0.05, 0.1) is 17.6 Å². The van der Waals surface area contributed by atoms with Gasteiger partial charge < -0.3 is 4.57 Å². The van der Waals surface area contributed by atoms with E-state index in [1.807, 2.05) is 35.8 Å². The SMILES string of the molecule is CCc1nc2ccccc2n1CC(=O)c1ccc(F)cc1. The number of carbonyl (C=O) groups excluding carboxylic acids is 1. The second kappa shape index (κ2) is 5.48. The molecule has 0 atom stereocenters. The predicted octanol–water partition coefficient (Wildman–Crippen LogP) is 3.62. The fourth-order valence-electron chi connectivity index (χ4n) is 2.44. The van der Waals surface area contributed by atoms with E-state index in [1.165, 1.54) is 24.3 Å². The lowest BCUT2D eigenvalue weighted by Crippen LogP contribution is -2.12. The summed E-state index contributed by atoms with van der Waals surface area (Å²) < 4.78 is 14.9. The zero-order valence-electron chi connectivity index (χ0n) is 11.7. The number of fused-ring (bicyclic) bond motifs is 1. The number of imidazole rings is 1. The van der Waals surface area contributed by atoms with E-state index in [2.05, 4.69) is 4.98 Å². The monoisotopic (exact) mass is 282 g/mol. The van der Waals surface area contributed by atoms with Gasteiger partial charge in [-0.25, -0.2) is 9.37 Å². The van der Waals surface area contributed by atoms with Crippen molar-refractivity contribution < 1.29 is 9.18 Å². The maximum Gasteiger partial charge on any atom is 0.182 e. The summed E-state index contributed by atoms with van der Waals surface area (Å²) in [5.41, 5.74) is 2.35. The molecule has 3 rings (SSSR count). The van der Waals surface area contributed by atoms with Crippen LogP contribution in [0.5, 0.6) is 0 Å². The van der Waals surface area contributed by atoms with Crippen molar-refractivity contribution in [2.24, 2.45) is 0 Å². The van der Waals surface area contributed by atoms with Crippen LogP contribution in [0.3, 0.4) is 0 Å². The van der Waals surface area contributed by atoms with Crippen LogP contribution in [0.25, 0.3) is 11.0 Å². The van der Waals surface area contributed by atoms with E-state index in [-0.39, 0.29) is 18.1 Å². The molecule has 0 radical (unpaired) electrons. The first-order chi connectivity index (χ1) is 10.2. The Morgan fingerprint density at radius 3 is 2.57 bits per heavy atom. The Labute approximate surface area is 122 Å². The predicted molar refractivity (Wildman–Crippen MR) is 79.8 cm³/mol. The molecule has 4 heteroatoms. The molecule has 106 valence electrons. The van der Waals surface area contributed by atoms with Crippen LogP contribution in [0.4, 0.5) is 4.39 Å². The summed E-state index contributed by atoms with van der Waals surface area (Å²) in [7, 11) is 0. The number of carbonyl (C=O) groups is 1. The van der Waals surface area contributed by atoms with Gasteiger partial charge in [0.25, 0.3) is 0 Å². The molecule has 0 amide bonds. The van der Waals surface area contributed by atoms with Crippen molar-refractivity contribution in [2.75, 3.05) is 0 Å². The molecule has 0 unspecified atom stereocenters. The molecule has 0 aliphatic rings. The highest BCUT2D eigenvalue weighted by Crippen LogP contribution is 2.17. The van der Waals surface area contributed by atoms with Crippen molar-refractivity contribution in [1.29, 1.82) is 0 Å². The van der Waals surface area contributed by atoms with Crippen molar-refractivity contribution in [3.05, 3.63) is 65.7 Å². The lowest BCUT2D eigenvalue weighted by atomic mass is 10.1. The molecule has 0 spiro atoms. The number of halogens is 1. The first-order valence-electron chi connectivity index (χ1n) is 6.92. The van der Waals surface area contributed by atoms with Crippen LogP contribution in [0.15, 0.2) is 48.5 Å². The lowest BCUT2D eigenvalue weighted by Gasteiger charge is -2.07. The minimum atomic E-state index is -0.339. The molecule has 3 nitrogen and oxygen atoms in total. The second-order valence-corrected chi connectivity index (χ2v) is 4.89. The molecule has 1 aromatic heterocycles. The molecule has 0 bridgehead atoms. The van der Waals surface area contributed by atoms with Crippen LogP contribution < -0.4 is 0 Å². The summed E-state index contributed by atoms with van der Waals surface area (Å²) >= 11 is 0. The van der Waals surface area contributed by atoms with Crippen LogP contribution in [0.2, 0.25) is 0 Å². The third kappa shape index (κ3) is 2.57. The topological polar surface area (TPSA) is 34.9 Å². The molecule has 2 aromatic carbocycles.